The van der Waals surface area contributed by atoms with Crippen LogP contribution in [0.15, 0.2) is 0 Å². The molecule has 0 rings (SSSR count). The van der Waals surface area contributed by atoms with Gasteiger partial charge in [-0.05, 0) is 18.8 Å². The quantitative estimate of drug-likeness (QED) is 0.438. The number of ether oxygens (including phenoxy) is 1. The molecule has 86 valence electrons. The minimum Gasteiger partial charge on any atom is -0.469 e. The largest absolute Gasteiger partial charge is 0.469 e. The summed E-state index contributed by atoms with van der Waals surface area (Å²) >= 11 is 3.27. The van der Waals surface area contributed by atoms with Crippen molar-refractivity contribution in [3.8, 4) is 11.8 Å². The smallest absolute Gasteiger partial charge is 0.305 e. The van der Waals surface area contributed by atoms with Gasteiger partial charge in [0.25, 0.3) is 0 Å². The number of carbonyl (C=O) groups is 1. The summed E-state index contributed by atoms with van der Waals surface area (Å²) in [5, 5.41) is 0.730. The van der Waals surface area contributed by atoms with E-state index >= 15 is 0 Å². The maximum absolute atomic E-state index is 10.9. The van der Waals surface area contributed by atoms with Gasteiger partial charge in [0.2, 0.25) is 0 Å². The van der Waals surface area contributed by atoms with Crippen LogP contribution < -0.4 is 0 Å². The summed E-state index contributed by atoms with van der Waals surface area (Å²) in [6.45, 7) is 4.26. The van der Waals surface area contributed by atoms with Crippen molar-refractivity contribution < 1.29 is 9.53 Å². The predicted molar refractivity (Wildman–Crippen MR) is 65.8 cm³/mol. The molecule has 0 bridgehead atoms. The fraction of sp³-hybridized carbons (Fsp3) is 0.750. The Morgan fingerprint density at radius 3 is 2.67 bits per heavy atom. The molecule has 0 aliphatic heterocycles. The van der Waals surface area contributed by atoms with Gasteiger partial charge < -0.3 is 4.74 Å². The van der Waals surface area contributed by atoms with Gasteiger partial charge in [-0.2, -0.15) is 0 Å². The van der Waals surface area contributed by atoms with Gasteiger partial charge in [0, 0.05) is 12.3 Å². The maximum atomic E-state index is 10.9. The molecule has 0 fully saturated rings. The molecule has 0 spiro atoms. The second-order valence-corrected chi connectivity index (χ2v) is 4.37. The fourth-order valence-corrected chi connectivity index (χ4v) is 1.62. The Morgan fingerprint density at radius 2 is 2.13 bits per heavy atom. The zero-order valence-electron chi connectivity index (χ0n) is 9.68. The van der Waals surface area contributed by atoms with Crippen LogP contribution in [0.25, 0.3) is 0 Å². The number of hydrogen-bond acceptors (Lipinski definition) is 2. The lowest BCUT2D eigenvalue weighted by Crippen LogP contribution is -2.06. The Kier molecular flexibility index (Phi) is 8.50. The first kappa shape index (κ1) is 14.5. The molecule has 0 aliphatic carbocycles. The highest BCUT2D eigenvalue weighted by atomic mass is 79.9. The minimum absolute atomic E-state index is 0.124. The van der Waals surface area contributed by atoms with E-state index in [0.29, 0.717) is 18.3 Å². The Hall–Kier alpha value is -0.490. The van der Waals surface area contributed by atoms with E-state index in [-0.39, 0.29) is 5.97 Å². The molecular weight excluding hydrogens is 256 g/mol. The van der Waals surface area contributed by atoms with Gasteiger partial charge in [0.15, 0.2) is 0 Å². The molecule has 0 aliphatic rings. The van der Waals surface area contributed by atoms with E-state index in [9.17, 15) is 4.79 Å². The summed E-state index contributed by atoms with van der Waals surface area (Å²) in [6.07, 6.45) is 2.43. The van der Waals surface area contributed by atoms with Crippen molar-refractivity contribution >= 4 is 21.9 Å². The molecule has 2 nitrogen and oxygen atoms in total. The zero-order valence-corrected chi connectivity index (χ0v) is 11.3. The summed E-state index contributed by atoms with van der Waals surface area (Å²) in [7, 11) is 1.43. The molecule has 2 unspecified atom stereocenters. The molecular formula is C12H19BrO2. The minimum atomic E-state index is -0.124. The van der Waals surface area contributed by atoms with Crippen molar-refractivity contribution in [2.45, 2.75) is 33.1 Å². The maximum Gasteiger partial charge on any atom is 0.305 e. The highest BCUT2D eigenvalue weighted by Crippen LogP contribution is 2.16. The molecule has 15 heavy (non-hydrogen) atoms. The number of carbonyl (C=O) groups excluding carboxylic acids is 1. The van der Waals surface area contributed by atoms with Crippen LogP contribution in [-0.4, -0.2) is 18.4 Å². The number of methoxy groups -OCH3 is 1. The summed E-state index contributed by atoms with van der Waals surface area (Å²) in [4.78, 5) is 10.9. The Bertz CT molecular complexity index is 240. The Morgan fingerprint density at radius 1 is 1.47 bits per heavy atom. The van der Waals surface area contributed by atoms with Crippen LogP contribution in [0.4, 0.5) is 0 Å². The van der Waals surface area contributed by atoms with Crippen molar-refractivity contribution in [3.63, 3.8) is 0 Å². The first-order valence-corrected chi connectivity index (χ1v) is 6.33. The predicted octanol–water partition coefficient (Wildman–Crippen LogP) is 3.00. The topological polar surface area (TPSA) is 26.3 Å². The van der Waals surface area contributed by atoms with Crippen LogP contribution in [0, 0.1) is 23.7 Å². The van der Waals surface area contributed by atoms with Crippen LogP contribution in [0.5, 0.6) is 0 Å². The van der Waals surface area contributed by atoms with Crippen LogP contribution in [0.2, 0.25) is 0 Å². The Labute approximate surface area is 101 Å². The first-order chi connectivity index (χ1) is 7.10. The van der Waals surface area contributed by atoms with E-state index in [1.807, 2.05) is 0 Å². The first-order valence-electron chi connectivity index (χ1n) is 5.21. The van der Waals surface area contributed by atoms with Crippen LogP contribution >= 0.6 is 15.9 Å². The van der Waals surface area contributed by atoms with E-state index in [1.165, 1.54) is 7.11 Å². The number of esters is 1. The molecule has 0 aromatic heterocycles. The van der Waals surface area contributed by atoms with E-state index in [0.717, 1.165) is 18.2 Å². The molecule has 0 radical (unpaired) electrons. The lowest BCUT2D eigenvalue weighted by atomic mass is 9.94. The SMILES string of the molecule is COC(=O)CCC(C)CC(C)C#CCBr. The average Bonchev–Trinajstić information content (AvgIpc) is 2.22. The molecule has 3 heteroatoms. The molecule has 0 saturated heterocycles. The number of rotatable bonds is 5. The van der Waals surface area contributed by atoms with Gasteiger partial charge in [-0.25, -0.2) is 0 Å². The van der Waals surface area contributed by atoms with Gasteiger partial charge in [-0.1, -0.05) is 41.6 Å². The lowest BCUT2D eigenvalue weighted by Gasteiger charge is -2.12. The third-order valence-electron chi connectivity index (χ3n) is 2.24. The van der Waals surface area contributed by atoms with Crippen LogP contribution in [0.3, 0.4) is 0 Å². The van der Waals surface area contributed by atoms with Crippen molar-refractivity contribution in [1.82, 2.24) is 0 Å². The van der Waals surface area contributed by atoms with Crippen molar-refractivity contribution in [1.29, 1.82) is 0 Å². The molecule has 0 saturated carbocycles. The van der Waals surface area contributed by atoms with Gasteiger partial charge >= 0.3 is 5.97 Å². The third-order valence-corrected chi connectivity index (χ3v) is 2.52. The van der Waals surface area contributed by atoms with Gasteiger partial charge in [-0.3, -0.25) is 4.79 Å². The summed E-state index contributed by atoms with van der Waals surface area (Å²) < 4.78 is 4.60. The second kappa shape index (κ2) is 8.79. The van der Waals surface area contributed by atoms with Crippen molar-refractivity contribution in [3.05, 3.63) is 0 Å². The monoisotopic (exact) mass is 274 g/mol. The molecule has 0 aromatic rings. The molecule has 0 N–H and O–H groups in total. The average molecular weight is 275 g/mol. The summed E-state index contributed by atoms with van der Waals surface area (Å²) in [5.74, 6) is 6.95. The number of alkyl halides is 1. The normalized spacial score (nSPS) is 13.6. The summed E-state index contributed by atoms with van der Waals surface area (Å²) in [5.41, 5.74) is 0. The van der Waals surface area contributed by atoms with Gasteiger partial charge in [0.1, 0.15) is 0 Å². The van der Waals surface area contributed by atoms with Crippen molar-refractivity contribution in [2.24, 2.45) is 11.8 Å². The molecule has 0 amide bonds. The molecule has 0 aromatic carbocycles. The van der Waals surface area contributed by atoms with Gasteiger partial charge in [0.05, 0.1) is 12.4 Å². The van der Waals surface area contributed by atoms with E-state index in [1.54, 1.807) is 0 Å². The fourth-order valence-electron chi connectivity index (χ4n) is 1.46. The lowest BCUT2D eigenvalue weighted by molar-refractivity contribution is -0.140. The third kappa shape index (κ3) is 8.50. The highest BCUT2D eigenvalue weighted by Gasteiger charge is 2.09. The molecule has 0 heterocycles. The van der Waals surface area contributed by atoms with E-state index in [4.69, 9.17) is 0 Å². The van der Waals surface area contributed by atoms with E-state index in [2.05, 4.69) is 46.4 Å². The van der Waals surface area contributed by atoms with E-state index < -0.39 is 0 Å². The highest BCUT2D eigenvalue weighted by molar-refractivity contribution is 9.09. The summed E-state index contributed by atoms with van der Waals surface area (Å²) in [6, 6.07) is 0. The number of halogens is 1. The number of hydrogen-bond donors (Lipinski definition) is 0. The van der Waals surface area contributed by atoms with Crippen LogP contribution in [-0.2, 0) is 9.53 Å². The van der Waals surface area contributed by atoms with Crippen molar-refractivity contribution in [2.75, 3.05) is 12.4 Å². The zero-order chi connectivity index (χ0) is 11.7. The van der Waals surface area contributed by atoms with Crippen LogP contribution in [0.1, 0.15) is 33.1 Å². The Balaban J connectivity index is 3.73. The van der Waals surface area contributed by atoms with Gasteiger partial charge in [-0.15, -0.1) is 0 Å². The molecule has 2 atom stereocenters. The second-order valence-electron chi connectivity index (χ2n) is 3.81. The standard InChI is InChI=1S/C12H19BrO2/c1-10(5-4-8-13)9-11(2)6-7-12(14)15-3/h10-11H,6-9H2,1-3H3.